The summed E-state index contributed by atoms with van der Waals surface area (Å²) in [5, 5.41) is 8.71. The molecule has 0 saturated carbocycles. The van der Waals surface area contributed by atoms with Crippen LogP contribution in [0.2, 0.25) is 0 Å². The van der Waals surface area contributed by atoms with Crippen molar-refractivity contribution >= 4 is 17.3 Å². The summed E-state index contributed by atoms with van der Waals surface area (Å²) in [4.78, 5) is 10.1. The van der Waals surface area contributed by atoms with Crippen molar-refractivity contribution in [3.05, 3.63) is 16.7 Å². The molecule has 54 valence electrons. The van der Waals surface area contributed by atoms with Gasteiger partial charge in [0.25, 0.3) is 0 Å². The molecule has 0 aliphatic carbocycles. The Morgan fingerprint density at radius 1 is 1.80 bits per heavy atom. The molecule has 0 saturated heterocycles. The molecule has 0 amide bonds. The van der Waals surface area contributed by atoms with Gasteiger partial charge in [-0.1, -0.05) is 0 Å². The highest BCUT2D eigenvalue weighted by Gasteiger charge is 2.15. The molecule has 4 nitrogen and oxygen atoms in total. The third-order valence-corrected chi connectivity index (χ3v) is 1.47. The summed E-state index contributed by atoms with van der Waals surface area (Å²) in [6.07, 6.45) is 1.18. The van der Waals surface area contributed by atoms with E-state index in [2.05, 4.69) is 15.8 Å². The van der Waals surface area contributed by atoms with Crippen molar-refractivity contribution in [2.24, 2.45) is 5.18 Å². The van der Waals surface area contributed by atoms with Crippen LogP contribution < -0.4 is 10.6 Å². The summed E-state index contributed by atoms with van der Waals surface area (Å²) in [7, 11) is 0. The maximum atomic E-state index is 10.1. The third kappa shape index (κ3) is 1.30. The topological polar surface area (TPSA) is 53.5 Å². The van der Waals surface area contributed by atoms with Gasteiger partial charge in [0.05, 0.1) is 0 Å². The van der Waals surface area contributed by atoms with E-state index < -0.39 is 6.17 Å². The number of rotatable bonds is 1. The van der Waals surface area contributed by atoms with E-state index in [1.807, 2.05) is 0 Å². The SMILES string of the molecule is CC1=CNC(=S)NC1N=O. The first-order chi connectivity index (χ1) is 4.74. The number of nitrogens with zero attached hydrogens (tertiary/aromatic N) is 1. The Balaban J connectivity index is 2.74. The number of thiocarbonyl (C=S) groups is 1. The van der Waals surface area contributed by atoms with Crippen LogP contribution in [0.25, 0.3) is 0 Å². The molecule has 0 bridgehead atoms. The Labute approximate surface area is 63.7 Å². The van der Waals surface area contributed by atoms with Gasteiger partial charge in [0.1, 0.15) is 0 Å². The number of hydrogen-bond acceptors (Lipinski definition) is 3. The zero-order chi connectivity index (χ0) is 7.56. The minimum atomic E-state index is -0.492. The molecule has 1 unspecified atom stereocenters. The van der Waals surface area contributed by atoms with E-state index in [4.69, 9.17) is 12.2 Å². The maximum Gasteiger partial charge on any atom is 0.186 e. The molecule has 1 atom stereocenters. The molecule has 1 rings (SSSR count). The first-order valence-electron chi connectivity index (χ1n) is 2.80. The largest absolute Gasteiger partial charge is 0.339 e. The van der Waals surface area contributed by atoms with Crippen LogP contribution in [0, 0.1) is 4.91 Å². The zero-order valence-electron chi connectivity index (χ0n) is 5.42. The first-order valence-corrected chi connectivity index (χ1v) is 3.21. The van der Waals surface area contributed by atoms with E-state index in [1.165, 1.54) is 0 Å². The Hall–Kier alpha value is -0.970. The summed E-state index contributed by atoms with van der Waals surface area (Å²) in [5.74, 6) is 0. The lowest BCUT2D eigenvalue weighted by atomic mass is 10.2. The summed E-state index contributed by atoms with van der Waals surface area (Å²) >= 11 is 4.74. The molecule has 0 aromatic rings. The quantitative estimate of drug-likeness (QED) is 0.429. The van der Waals surface area contributed by atoms with Gasteiger partial charge >= 0.3 is 0 Å². The number of hydrogen-bond donors (Lipinski definition) is 2. The first kappa shape index (κ1) is 7.14. The molecule has 0 aromatic heterocycles. The second kappa shape index (κ2) is 2.74. The van der Waals surface area contributed by atoms with Crippen molar-refractivity contribution in [3.63, 3.8) is 0 Å². The monoisotopic (exact) mass is 157 g/mol. The molecule has 5 heteroatoms. The van der Waals surface area contributed by atoms with E-state index in [9.17, 15) is 4.91 Å². The van der Waals surface area contributed by atoms with Crippen molar-refractivity contribution in [3.8, 4) is 0 Å². The van der Waals surface area contributed by atoms with Crippen LogP contribution >= 0.6 is 12.2 Å². The fourth-order valence-electron chi connectivity index (χ4n) is 0.647. The summed E-state index contributed by atoms with van der Waals surface area (Å²) in [6, 6.07) is 0. The fraction of sp³-hybridized carbons (Fsp3) is 0.400. The van der Waals surface area contributed by atoms with E-state index in [-0.39, 0.29) is 0 Å². The Kier molecular flexibility index (Phi) is 1.96. The Morgan fingerprint density at radius 3 is 3.00 bits per heavy atom. The number of nitroso groups, excluding NO2 is 1. The predicted molar refractivity (Wildman–Crippen MR) is 42.2 cm³/mol. The third-order valence-electron chi connectivity index (χ3n) is 1.24. The van der Waals surface area contributed by atoms with Gasteiger partial charge in [-0.15, -0.1) is 4.91 Å². The summed E-state index contributed by atoms with van der Waals surface area (Å²) in [5.41, 5.74) is 0.837. The molecule has 1 aliphatic rings. The lowest BCUT2D eigenvalue weighted by molar-refractivity contribution is 0.691. The van der Waals surface area contributed by atoms with Crippen LogP contribution in [0.4, 0.5) is 0 Å². The molecule has 0 spiro atoms. The molecule has 2 N–H and O–H groups in total. The van der Waals surface area contributed by atoms with Crippen LogP contribution in [0.15, 0.2) is 16.9 Å². The standard InChI is InChI=1S/C5H7N3OS/c1-3-2-6-5(10)7-4(3)8-9/h2,4H,1H3,(H2,6,7,10). The van der Waals surface area contributed by atoms with Gasteiger partial charge in [0.2, 0.25) is 0 Å². The lowest BCUT2D eigenvalue weighted by Gasteiger charge is -2.19. The van der Waals surface area contributed by atoms with Crippen molar-refractivity contribution in [2.45, 2.75) is 13.1 Å². The maximum absolute atomic E-state index is 10.1. The lowest BCUT2D eigenvalue weighted by Crippen LogP contribution is -2.43. The van der Waals surface area contributed by atoms with Crippen molar-refractivity contribution < 1.29 is 0 Å². The van der Waals surface area contributed by atoms with Gasteiger partial charge in [-0.05, 0) is 29.9 Å². The summed E-state index contributed by atoms with van der Waals surface area (Å²) < 4.78 is 0. The molecule has 0 fully saturated rings. The molecule has 10 heavy (non-hydrogen) atoms. The van der Waals surface area contributed by atoms with Crippen LogP contribution in [0.1, 0.15) is 6.92 Å². The minimum absolute atomic E-state index is 0.440. The van der Waals surface area contributed by atoms with Gasteiger partial charge in [0, 0.05) is 6.20 Å². The molecular formula is C5H7N3OS. The highest BCUT2D eigenvalue weighted by atomic mass is 32.1. The van der Waals surface area contributed by atoms with Gasteiger partial charge < -0.3 is 10.6 Å². The van der Waals surface area contributed by atoms with Crippen molar-refractivity contribution in [2.75, 3.05) is 0 Å². The highest BCUT2D eigenvalue weighted by molar-refractivity contribution is 7.80. The molecule has 1 heterocycles. The fourth-order valence-corrected chi connectivity index (χ4v) is 0.818. The van der Waals surface area contributed by atoms with Crippen LogP contribution in [0.5, 0.6) is 0 Å². The van der Waals surface area contributed by atoms with Crippen LogP contribution in [0.3, 0.4) is 0 Å². The van der Waals surface area contributed by atoms with E-state index >= 15 is 0 Å². The molecule has 0 aromatic carbocycles. The van der Waals surface area contributed by atoms with Crippen molar-refractivity contribution in [1.29, 1.82) is 0 Å². The minimum Gasteiger partial charge on any atom is -0.339 e. The smallest absolute Gasteiger partial charge is 0.186 e. The average molecular weight is 157 g/mol. The van der Waals surface area contributed by atoms with Gasteiger partial charge in [-0.3, -0.25) is 0 Å². The highest BCUT2D eigenvalue weighted by Crippen LogP contribution is 2.04. The average Bonchev–Trinajstić information content (AvgIpc) is 1.94. The van der Waals surface area contributed by atoms with Crippen LogP contribution in [-0.2, 0) is 0 Å². The summed E-state index contributed by atoms with van der Waals surface area (Å²) in [6.45, 7) is 1.80. The molecular weight excluding hydrogens is 150 g/mol. The van der Waals surface area contributed by atoms with Crippen LogP contribution in [-0.4, -0.2) is 11.3 Å². The Bertz CT molecular complexity index is 201. The molecule has 0 radical (unpaired) electrons. The Morgan fingerprint density at radius 2 is 2.50 bits per heavy atom. The second-order valence-corrected chi connectivity index (χ2v) is 2.42. The second-order valence-electron chi connectivity index (χ2n) is 2.01. The van der Waals surface area contributed by atoms with Crippen molar-refractivity contribution in [1.82, 2.24) is 10.6 Å². The predicted octanol–water partition coefficient (Wildman–Crippen LogP) is 0.460. The number of nitrogens with one attached hydrogen (secondary N) is 2. The zero-order valence-corrected chi connectivity index (χ0v) is 6.23. The van der Waals surface area contributed by atoms with Gasteiger partial charge in [-0.25, -0.2) is 0 Å². The van der Waals surface area contributed by atoms with E-state index in [0.717, 1.165) is 5.57 Å². The normalized spacial score (nSPS) is 24.3. The van der Waals surface area contributed by atoms with E-state index in [0.29, 0.717) is 5.11 Å². The van der Waals surface area contributed by atoms with Gasteiger partial charge in [-0.2, -0.15) is 0 Å². The van der Waals surface area contributed by atoms with Gasteiger partial charge in [0.15, 0.2) is 11.3 Å². The van der Waals surface area contributed by atoms with E-state index in [1.54, 1.807) is 13.1 Å². The molecule has 1 aliphatic heterocycles.